The van der Waals surface area contributed by atoms with Crippen LogP contribution in [0.15, 0.2) is 60.7 Å². The standard InChI is InChI=1S/C30H37N2/c1-19(2)23-17-25(20(3)4)29(26(18-23)21(5)6)32-28-16-12-11-15-27(28)31(8)30(32)24-14-10-9-13-22(24)7/h9-21H,1-8H3/q+1/i19D,20D,21D. The molecule has 0 aliphatic rings. The Hall–Kier alpha value is -2.87. The van der Waals surface area contributed by atoms with Crippen LogP contribution in [0.4, 0.5) is 0 Å². The molecule has 2 nitrogen and oxygen atoms in total. The van der Waals surface area contributed by atoms with Gasteiger partial charge in [-0.25, -0.2) is 4.57 Å². The van der Waals surface area contributed by atoms with Gasteiger partial charge in [-0.1, -0.05) is 84.0 Å². The van der Waals surface area contributed by atoms with E-state index in [1.807, 2.05) is 71.9 Å². The lowest BCUT2D eigenvalue weighted by Gasteiger charge is -2.21. The van der Waals surface area contributed by atoms with Crippen molar-refractivity contribution < 1.29 is 8.68 Å². The maximum atomic E-state index is 9.16. The molecule has 0 saturated carbocycles. The van der Waals surface area contributed by atoms with Crippen LogP contribution in [0.3, 0.4) is 0 Å². The van der Waals surface area contributed by atoms with Crippen LogP contribution < -0.4 is 4.57 Å². The number of imidazole rings is 1. The predicted octanol–water partition coefficient (Wildman–Crippen LogP) is 7.80. The third kappa shape index (κ3) is 3.66. The van der Waals surface area contributed by atoms with Gasteiger partial charge < -0.3 is 0 Å². The molecular formula is C30H37N2+. The summed E-state index contributed by atoms with van der Waals surface area (Å²) in [5.41, 5.74) is 7.72. The minimum Gasteiger partial charge on any atom is -0.225 e. The fourth-order valence-corrected chi connectivity index (χ4v) is 4.59. The van der Waals surface area contributed by atoms with Gasteiger partial charge in [0.25, 0.3) is 5.82 Å². The Morgan fingerprint density at radius 2 is 1.34 bits per heavy atom. The third-order valence-electron chi connectivity index (χ3n) is 6.39. The molecule has 2 heteroatoms. The molecule has 0 saturated heterocycles. The fraction of sp³-hybridized carbons (Fsp3) is 0.367. The molecule has 0 atom stereocenters. The Labute approximate surface area is 197 Å². The van der Waals surface area contributed by atoms with Gasteiger partial charge in [-0.2, -0.15) is 4.57 Å². The summed E-state index contributed by atoms with van der Waals surface area (Å²) in [6, 6.07) is 20.7. The molecule has 0 aliphatic carbocycles. The molecule has 32 heavy (non-hydrogen) atoms. The molecule has 0 unspecified atom stereocenters. The van der Waals surface area contributed by atoms with Crippen molar-refractivity contribution in [2.24, 2.45) is 7.05 Å². The highest BCUT2D eigenvalue weighted by Crippen LogP contribution is 2.39. The van der Waals surface area contributed by atoms with Crippen LogP contribution in [-0.4, -0.2) is 4.57 Å². The summed E-state index contributed by atoms with van der Waals surface area (Å²) < 4.78 is 31.5. The van der Waals surface area contributed by atoms with Crippen molar-refractivity contribution in [2.75, 3.05) is 0 Å². The second kappa shape index (κ2) is 8.58. The number of hydrogen-bond acceptors (Lipinski definition) is 0. The van der Waals surface area contributed by atoms with E-state index in [1.165, 1.54) is 0 Å². The normalized spacial score (nSPS) is 14.3. The zero-order chi connectivity index (χ0) is 25.9. The number of aryl methyl sites for hydroxylation is 2. The average molecular weight is 429 g/mol. The molecule has 4 aromatic rings. The summed E-state index contributed by atoms with van der Waals surface area (Å²) in [5, 5.41) is 0. The topological polar surface area (TPSA) is 8.81 Å². The smallest absolute Gasteiger partial charge is 0.225 e. The molecule has 0 amide bonds. The SMILES string of the molecule is [2H]C(C)(C)c1cc(C([2H])(C)C)c(-n2c(-c3ccccc3C)[n+](C)c3ccccc32)c(C([2H])(C)C)c1. The van der Waals surface area contributed by atoms with Crippen LogP contribution in [0.1, 0.15) is 85.6 Å². The Bertz CT molecular complexity index is 1380. The summed E-state index contributed by atoms with van der Waals surface area (Å²) in [7, 11) is 2.08. The van der Waals surface area contributed by atoms with Crippen LogP contribution in [0.25, 0.3) is 28.1 Å². The first kappa shape index (κ1) is 18.7. The largest absolute Gasteiger partial charge is 0.295 e. The maximum Gasteiger partial charge on any atom is 0.295 e. The predicted molar refractivity (Wildman–Crippen MR) is 137 cm³/mol. The molecule has 0 spiro atoms. The fourth-order valence-electron chi connectivity index (χ4n) is 4.59. The third-order valence-corrected chi connectivity index (χ3v) is 6.39. The van der Waals surface area contributed by atoms with Gasteiger partial charge in [-0.3, -0.25) is 0 Å². The van der Waals surface area contributed by atoms with Gasteiger partial charge in [0.15, 0.2) is 11.0 Å². The molecular weight excluding hydrogens is 388 g/mol. The molecule has 1 aromatic heterocycles. The van der Waals surface area contributed by atoms with E-state index < -0.39 is 17.7 Å². The summed E-state index contributed by atoms with van der Waals surface area (Å²) in [4.78, 5) is 0. The van der Waals surface area contributed by atoms with Crippen LogP contribution in [0.2, 0.25) is 0 Å². The molecule has 1 heterocycles. The van der Waals surface area contributed by atoms with Gasteiger partial charge in [-0.05, 0) is 53.9 Å². The van der Waals surface area contributed by atoms with Crippen LogP contribution in [0, 0.1) is 6.92 Å². The lowest BCUT2D eigenvalue weighted by atomic mass is 9.87. The summed E-state index contributed by atoms with van der Waals surface area (Å²) in [6.45, 7) is 13.4. The van der Waals surface area contributed by atoms with Crippen molar-refractivity contribution in [1.29, 1.82) is 0 Å². The molecule has 0 aliphatic heterocycles. The monoisotopic (exact) mass is 428 g/mol. The highest BCUT2D eigenvalue weighted by atomic mass is 15.2. The minimum absolute atomic E-state index is 0.821. The first-order valence-electron chi connectivity index (χ1n) is 12.9. The lowest BCUT2D eigenvalue weighted by Crippen LogP contribution is -2.30. The van der Waals surface area contributed by atoms with E-state index in [0.29, 0.717) is 0 Å². The Balaban J connectivity index is 2.30. The number of aromatic nitrogens is 2. The molecule has 166 valence electrons. The Morgan fingerprint density at radius 1 is 0.781 bits per heavy atom. The zero-order valence-electron chi connectivity index (χ0n) is 23.7. The Kier molecular flexibility index (Phi) is 5.01. The minimum atomic E-state index is -0.941. The van der Waals surface area contributed by atoms with Gasteiger partial charge in [0.1, 0.15) is 5.69 Å². The maximum absolute atomic E-state index is 9.16. The van der Waals surface area contributed by atoms with Crippen molar-refractivity contribution >= 4 is 11.0 Å². The second-order valence-electron chi connectivity index (χ2n) is 9.44. The summed E-state index contributed by atoms with van der Waals surface area (Å²) in [5.74, 6) is -1.72. The van der Waals surface area contributed by atoms with Gasteiger partial charge >= 0.3 is 0 Å². The lowest BCUT2D eigenvalue weighted by molar-refractivity contribution is -0.633. The van der Waals surface area contributed by atoms with Gasteiger partial charge in [0, 0.05) is 15.2 Å². The quantitative estimate of drug-likeness (QED) is 0.287. The van der Waals surface area contributed by atoms with Gasteiger partial charge in [-0.15, -0.1) is 0 Å². The van der Waals surface area contributed by atoms with E-state index in [0.717, 1.165) is 50.4 Å². The first-order valence-corrected chi connectivity index (χ1v) is 11.4. The number of fused-ring (bicyclic) bond motifs is 1. The van der Waals surface area contributed by atoms with Crippen LogP contribution >= 0.6 is 0 Å². The summed E-state index contributed by atoms with van der Waals surface area (Å²) >= 11 is 0. The van der Waals surface area contributed by atoms with Gasteiger partial charge in [0.2, 0.25) is 0 Å². The van der Waals surface area contributed by atoms with Crippen molar-refractivity contribution in [3.8, 4) is 17.1 Å². The highest BCUT2D eigenvalue weighted by Gasteiger charge is 2.31. The van der Waals surface area contributed by atoms with Crippen molar-refractivity contribution in [3.05, 3.63) is 82.9 Å². The van der Waals surface area contributed by atoms with Crippen molar-refractivity contribution in [3.63, 3.8) is 0 Å². The van der Waals surface area contributed by atoms with Crippen molar-refractivity contribution in [2.45, 2.75) is 66.1 Å². The van der Waals surface area contributed by atoms with E-state index in [9.17, 15) is 0 Å². The van der Waals surface area contributed by atoms with E-state index >= 15 is 0 Å². The highest BCUT2D eigenvalue weighted by molar-refractivity contribution is 5.81. The first-order chi connectivity index (χ1) is 16.1. The average Bonchev–Trinajstić information content (AvgIpc) is 3.03. The summed E-state index contributed by atoms with van der Waals surface area (Å²) in [6.07, 6.45) is 0. The van der Waals surface area contributed by atoms with E-state index in [2.05, 4.69) is 53.4 Å². The van der Waals surface area contributed by atoms with Crippen LogP contribution in [-0.2, 0) is 7.05 Å². The molecule has 0 bridgehead atoms. The van der Waals surface area contributed by atoms with E-state index in [1.54, 1.807) is 0 Å². The zero-order valence-corrected chi connectivity index (χ0v) is 20.7. The second-order valence-corrected chi connectivity index (χ2v) is 9.44. The van der Waals surface area contributed by atoms with Crippen molar-refractivity contribution in [1.82, 2.24) is 4.57 Å². The van der Waals surface area contributed by atoms with Crippen LogP contribution in [0.5, 0.6) is 0 Å². The van der Waals surface area contributed by atoms with E-state index in [4.69, 9.17) is 4.11 Å². The molecule has 0 N–H and O–H groups in total. The number of rotatable bonds is 5. The molecule has 0 fully saturated rings. The van der Waals surface area contributed by atoms with E-state index in [-0.39, 0.29) is 0 Å². The number of hydrogen-bond donors (Lipinski definition) is 0. The number of nitrogens with zero attached hydrogens (tertiary/aromatic N) is 2. The Morgan fingerprint density at radius 3 is 1.91 bits per heavy atom. The number of para-hydroxylation sites is 2. The van der Waals surface area contributed by atoms with Gasteiger partial charge in [0.05, 0.1) is 12.6 Å². The molecule has 4 rings (SSSR count). The molecule has 0 radical (unpaired) electrons. The molecule has 3 aromatic carbocycles. The number of benzene rings is 3.